The van der Waals surface area contributed by atoms with Gasteiger partial charge in [-0.1, -0.05) is 36.4 Å². The molecule has 23 heavy (non-hydrogen) atoms. The summed E-state index contributed by atoms with van der Waals surface area (Å²) in [5.74, 6) is -0.307. The van der Waals surface area contributed by atoms with Crippen molar-refractivity contribution in [2.24, 2.45) is 5.92 Å². The van der Waals surface area contributed by atoms with E-state index in [0.29, 0.717) is 6.42 Å². The SMILES string of the molecule is CO.OCC1CC(C(O)c2ccccc2)=C2C=CC=CN2C1O. The molecule has 3 rings (SSSR count). The van der Waals surface area contributed by atoms with E-state index in [1.807, 2.05) is 48.6 Å². The number of allylic oxidation sites excluding steroid dienone is 3. The molecule has 5 heteroatoms. The summed E-state index contributed by atoms with van der Waals surface area (Å²) in [7, 11) is 1.00. The third-order valence-corrected chi connectivity index (χ3v) is 4.09. The summed E-state index contributed by atoms with van der Waals surface area (Å²) in [6, 6.07) is 9.44. The van der Waals surface area contributed by atoms with Gasteiger partial charge in [0.1, 0.15) is 12.3 Å². The zero-order valence-corrected chi connectivity index (χ0v) is 13.1. The van der Waals surface area contributed by atoms with Gasteiger partial charge in [0.15, 0.2) is 0 Å². The molecule has 5 nitrogen and oxygen atoms in total. The van der Waals surface area contributed by atoms with Gasteiger partial charge in [0, 0.05) is 24.9 Å². The number of fused-ring (bicyclic) bond motifs is 1. The lowest BCUT2D eigenvalue weighted by Gasteiger charge is -2.41. The van der Waals surface area contributed by atoms with Gasteiger partial charge in [-0.25, -0.2) is 0 Å². The van der Waals surface area contributed by atoms with E-state index in [-0.39, 0.29) is 12.5 Å². The summed E-state index contributed by atoms with van der Waals surface area (Å²) < 4.78 is 0. The third kappa shape index (κ3) is 3.54. The zero-order chi connectivity index (χ0) is 16.8. The molecule has 0 saturated carbocycles. The van der Waals surface area contributed by atoms with E-state index in [0.717, 1.165) is 23.9 Å². The highest BCUT2D eigenvalue weighted by molar-refractivity contribution is 5.39. The molecular formula is C18H23NO4. The van der Waals surface area contributed by atoms with E-state index < -0.39 is 12.3 Å². The molecule has 0 amide bonds. The van der Waals surface area contributed by atoms with Crippen molar-refractivity contribution in [2.45, 2.75) is 18.8 Å². The Kier molecular flexibility index (Phi) is 6.12. The summed E-state index contributed by atoms with van der Waals surface area (Å²) in [5, 5.41) is 37.5. The molecule has 0 aliphatic carbocycles. The lowest BCUT2D eigenvalue weighted by molar-refractivity contribution is -0.0274. The van der Waals surface area contributed by atoms with Gasteiger partial charge in [0.05, 0.1) is 6.61 Å². The first kappa shape index (κ1) is 17.4. The van der Waals surface area contributed by atoms with Crippen molar-refractivity contribution in [2.75, 3.05) is 13.7 Å². The molecule has 124 valence electrons. The van der Waals surface area contributed by atoms with Crippen molar-refractivity contribution in [3.8, 4) is 0 Å². The molecule has 2 aliphatic heterocycles. The maximum absolute atomic E-state index is 10.7. The molecule has 0 fully saturated rings. The predicted octanol–water partition coefficient (Wildman–Crippen LogP) is 1.30. The topological polar surface area (TPSA) is 84.2 Å². The minimum absolute atomic E-state index is 0.118. The minimum Gasteiger partial charge on any atom is -0.400 e. The van der Waals surface area contributed by atoms with Gasteiger partial charge >= 0.3 is 0 Å². The molecule has 2 heterocycles. The van der Waals surface area contributed by atoms with E-state index in [1.54, 1.807) is 11.1 Å². The van der Waals surface area contributed by atoms with Crippen LogP contribution in [-0.4, -0.2) is 45.3 Å². The van der Waals surface area contributed by atoms with Gasteiger partial charge in [-0.15, -0.1) is 0 Å². The molecule has 0 radical (unpaired) electrons. The number of aliphatic hydroxyl groups is 4. The Morgan fingerprint density at radius 3 is 2.52 bits per heavy atom. The fourth-order valence-electron chi connectivity index (χ4n) is 2.93. The number of nitrogens with zero attached hydrogens (tertiary/aromatic N) is 1. The molecule has 0 bridgehead atoms. The maximum atomic E-state index is 10.7. The first-order chi connectivity index (χ1) is 11.2. The highest BCUT2D eigenvalue weighted by atomic mass is 16.3. The summed E-state index contributed by atoms with van der Waals surface area (Å²) in [5.41, 5.74) is 2.45. The Hall–Kier alpha value is -1.92. The summed E-state index contributed by atoms with van der Waals surface area (Å²) in [4.78, 5) is 1.71. The summed E-state index contributed by atoms with van der Waals surface area (Å²) >= 11 is 0. The number of benzene rings is 1. The Balaban J connectivity index is 0.000000924. The molecule has 0 aromatic heterocycles. The number of hydrogen-bond acceptors (Lipinski definition) is 5. The van der Waals surface area contributed by atoms with Crippen LogP contribution >= 0.6 is 0 Å². The molecule has 0 saturated heterocycles. The van der Waals surface area contributed by atoms with E-state index in [1.165, 1.54) is 0 Å². The minimum atomic E-state index is -0.766. The maximum Gasteiger partial charge on any atom is 0.136 e. The second kappa shape index (κ2) is 8.08. The van der Waals surface area contributed by atoms with Crippen molar-refractivity contribution in [3.05, 3.63) is 71.6 Å². The van der Waals surface area contributed by atoms with Crippen LogP contribution in [0.25, 0.3) is 0 Å². The monoisotopic (exact) mass is 317 g/mol. The van der Waals surface area contributed by atoms with Crippen molar-refractivity contribution in [3.63, 3.8) is 0 Å². The van der Waals surface area contributed by atoms with Crippen molar-refractivity contribution >= 4 is 0 Å². The molecule has 2 aliphatic rings. The number of aliphatic hydroxyl groups excluding tert-OH is 4. The van der Waals surface area contributed by atoms with Gasteiger partial charge in [-0.2, -0.15) is 0 Å². The molecule has 4 N–H and O–H groups in total. The lowest BCUT2D eigenvalue weighted by atomic mass is 9.85. The molecule has 3 atom stereocenters. The first-order valence-electron chi connectivity index (χ1n) is 7.55. The average molecular weight is 317 g/mol. The van der Waals surface area contributed by atoms with Crippen LogP contribution in [-0.2, 0) is 0 Å². The summed E-state index contributed by atoms with van der Waals surface area (Å²) in [6.07, 6.45) is 6.35. The lowest BCUT2D eigenvalue weighted by Crippen LogP contribution is -2.43. The van der Waals surface area contributed by atoms with Crippen LogP contribution in [0.5, 0.6) is 0 Å². The Bertz CT molecular complexity index is 594. The predicted molar refractivity (Wildman–Crippen MR) is 87.9 cm³/mol. The van der Waals surface area contributed by atoms with E-state index >= 15 is 0 Å². The molecule has 1 aromatic carbocycles. The normalized spacial score (nSPS) is 24.0. The average Bonchev–Trinajstić information content (AvgIpc) is 2.64. The molecule has 1 aromatic rings. The van der Waals surface area contributed by atoms with Crippen molar-refractivity contribution < 1.29 is 20.4 Å². The van der Waals surface area contributed by atoms with Crippen molar-refractivity contribution in [1.82, 2.24) is 4.90 Å². The van der Waals surface area contributed by atoms with Gasteiger partial charge in [-0.3, -0.25) is 0 Å². The van der Waals surface area contributed by atoms with Crippen LogP contribution in [0.2, 0.25) is 0 Å². The summed E-state index contributed by atoms with van der Waals surface area (Å²) in [6.45, 7) is -0.118. The highest BCUT2D eigenvalue weighted by Gasteiger charge is 2.35. The number of rotatable bonds is 3. The first-order valence-corrected chi connectivity index (χ1v) is 7.55. The van der Waals surface area contributed by atoms with E-state index in [9.17, 15) is 15.3 Å². The zero-order valence-electron chi connectivity index (χ0n) is 13.1. The van der Waals surface area contributed by atoms with Crippen LogP contribution in [0.3, 0.4) is 0 Å². The smallest absolute Gasteiger partial charge is 0.136 e. The van der Waals surface area contributed by atoms with Crippen LogP contribution in [0.15, 0.2) is 66.0 Å². The number of hydrogen-bond donors (Lipinski definition) is 4. The largest absolute Gasteiger partial charge is 0.400 e. The molecular weight excluding hydrogens is 294 g/mol. The van der Waals surface area contributed by atoms with Gasteiger partial charge < -0.3 is 25.3 Å². The van der Waals surface area contributed by atoms with Crippen LogP contribution in [0.4, 0.5) is 0 Å². The van der Waals surface area contributed by atoms with Gasteiger partial charge in [0.25, 0.3) is 0 Å². The quantitative estimate of drug-likeness (QED) is 0.675. The molecule has 3 unspecified atom stereocenters. The molecule has 0 spiro atoms. The van der Waals surface area contributed by atoms with E-state index in [4.69, 9.17) is 5.11 Å². The van der Waals surface area contributed by atoms with Gasteiger partial charge in [0.2, 0.25) is 0 Å². The van der Waals surface area contributed by atoms with Crippen molar-refractivity contribution in [1.29, 1.82) is 0 Å². The fraction of sp³-hybridized carbons (Fsp3) is 0.333. The fourth-order valence-corrected chi connectivity index (χ4v) is 2.93. The third-order valence-electron chi connectivity index (χ3n) is 4.09. The van der Waals surface area contributed by atoms with Crippen LogP contribution in [0.1, 0.15) is 18.1 Å². The second-order valence-corrected chi connectivity index (χ2v) is 5.39. The van der Waals surface area contributed by atoms with E-state index in [2.05, 4.69) is 0 Å². The highest BCUT2D eigenvalue weighted by Crippen LogP contribution is 2.38. The van der Waals surface area contributed by atoms with Crippen LogP contribution < -0.4 is 0 Å². The Morgan fingerprint density at radius 2 is 1.87 bits per heavy atom. The van der Waals surface area contributed by atoms with Gasteiger partial charge in [-0.05, 0) is 29.7 Å². The Labute approximate surface area is 136 Å². The second-order valence-electron chi connectivity index (χ2n) is 5.39. The standard InChI is InChI=1S/C17H19NO3.CH4O/c19-11-13-10-14(16(20)12-6-2-1-3-7-12)15-8-4-5-9-18(15)17(13)21;1-2/h1-9,13,16-17,19-21H,10-11H2;2H,1H3. The Morgan fingerprint density at radius 1 is 1.17 bits per heavy atom. The van der Waals surface area contributed by atoms with Crippen LogP contribution in [0, 0.1) is 5.92 Å².